The van der Waals surface area contributed by atoms with Gasteiger partial charge in [0.15, 0.2) is 17.1 Å². The van der Waals surface area contributed by atoms with Gasteiger partial charge in [-0.15, -0.1) is 0 Å². The summed E-state index contributed by atoms with van der Waals surface area (Å²) in [6.45, 7) is 0.940. The minimum atomic E-state index is 0.940. The number of aromatic nitrogens is 3. The van der Waals surface area contributed by atoms with Crippen LogP contribution >= 0.6 is 11.3 Å². The van der Waals surface area contributed by atoms with Crippen molar-refractivity contribution >= 4 is 27.2 Å². The number of hydrogen-bond acceptors (Lipinski definition) is 2. The van der Waals surface area contributed by atoms with E-state index in [1.807, 2.05) is 23.6 Å². The molecule has 90 valence electrons. The van der Waals surface area contributed by atoms with Gasteiger partial charge in [0.1, 0.15) is 0 Å². The third kappa shape index (κ3) is 1.12. The molecule has 0 N–H and O–H groups in total. The zero-order chi connectivity index (χ0) is 12.4. The molecule has 5 rings (SSSR count). The molecule has 0 fully saturated rings. The number of thiazole rings is 1. The van der Waals surface area contributed by atoms with Crippen LogP contribution in [0.2, 0.25) is 0 Å². The fourth-order valence-electron chi connectivity index (χ4n) is 2.90. The normalized spacial score (nSPS) is 13.1. The molecule has 1 aliphatic rings. The van der Waals surface area contributed by atoms with Gasteiger partial charge in [0.2, 0.25) is 5.52 Å². The maximum atomic E-state index is 4.54. The van der Waals surface area contributed by atoms with Crippen LogP contribution in [-0.4, -0.2) is 9.38 Å². The van der Waals surface area contributed by atoms with Gasteiger partial charge < -0.3 is 4.40 Å². The van der Waals surface area contributed by atoms with Crippen molar-refractivity contribution in [1.29, 1.82) is 0 Å². The van der Waals surface area contributed by atoms with Gasteiger partial charge in [-0.2, -0.15) is 4.57 Å². The Morgan fingerprint density at radius 1 is 1.21 bits per heavy atom. The molecule has 0 saturated heterocycles. The van der Waals surface area contributed by atoms with E-state index < -0.39 is 0 Å². The first kappa shape index (κ1) is 9.69. The van der Waals surface area contributed by atoms with Gasteiger partial charge in [0.25, 0.3) is 5.01 Å². The summed E-state index contributed by atoms with van der Waals surface area (Å²) in [7, 11) is 0. The highest BCUT2D eigenvalue weighted by atomic mass is 32.1. The summed E-state index contributed by atoms with van der Waals surface area (Å²) in [5.74, 6) is 0. The Balaban J connectivity index is 1.93. The minimum Gasteiger partial charge on any atom is -0.303 e. The molecule has 0 spiro atoms. The lowest BCUT2D eigenvalue weighted by Crippen LogP contribution is -2.29. The van der Waals surface area contributed by atoms with Gasteiger partial charge in [-0.3, -0.25) is 0 Å². The largest absolute Gasteiger partial charge is 0.303 e. The Labute approximate surface area is 113 Å². The van der Waals surface area contributed by atoms with Crippen molar-refractivity contribution in [3.63, 3.8) is 0 Å². The van der Waals surface area contributed by atoms with E-state index >= 15 is 0 Å². The second-order valence-corrected chi connectivity index (χ2v) is 5.81. The van der Waals surface area contributed by atoms with E-state index in [0.29, 0.717) is 0 Å². The molecule has 4 heteroatoms. The second-order valence-electron chi connectivity index (χ2n) is 4.83. The Hall–Kier alpha value is -2.20. The van der Waals surface area contributed by atoms with Crippen LogP contribution in [-0.2, 0) is 6.54 Å². The lowest BCUT2D eigenvalue weighted by molar-refractivity contribution is -0.641. The van der Waals surface area contributed by atoms with Crippen LogP contribution in [0.5, 0.6) is 0 Å². The maximum absolute atomic E-state index is 4.54. The molecule has 0 bridgehead atoms. The van der Waals surface area contributed by atoms with Gasteiger partial charge >= 0.3 is 0 Å². The molecule has 0 aliphatic carbocycles. The van der Waals surface area contributed by atoms with Crippen molar-refractivity contribution in [2.45, 2.75) is 6.54 Å². The van der Waals surface area contributed by atoms with Crippen molar-refractivity contribution < 1.29 is 4.57 Å². The van der Waals surface area contributed by atoms with Crippen LogP contribution in [0.25, 0.3) is 26.6 Å². The predicted molar refractivity (Wildman–Crippen MR) is 75.3 cm³/mol. The van der Waals surface area contributed by atoms with Crippen molar-refractivity contribution in [3.05, 3.63) is 54.4 Å². The quantitative estimate of drug-likeness (QED) is 0.394. The van der Waals surface area contributed by atoms with Crippen LogP contribution in [0.3, 0.4) is 0 Å². The number of pyridine rings is 2. The summed E-state index contributed by atoms with van der Waals surface area (Å²) in [5, 5.41) is 1.28. The Kier molecular flexibility index (Phi) is 1.64. The molecular formula is C15H10N3S+. The van der Waals surface area contributed by atoms with Crippen molar-refractivity contribution in [1.82, 2.24) is 9.38 Å². The summed E-state index contributed by atoms with van der Waals surface area (Å²) < 4.78 is 4.64. The van der Waals surface area contributed by atoms with Crippen LogP contribution in [0.4, 0.5) is 0 Å². The highest BCUT2D eigenvalue weighted by Crippen LogP contribution is 2.35. The SMILES string of the molecule is c1cnc2c(c1)C[n+]1c-2sc2c1cc1ccccn12. The van der Waals surface area contributed by atoms with E-state index in [2.05, 4.69) is 50.5 Å². The molecule has 0 amide bonds. The predicted octanol–water partition coefficient (Wildman–Crippen LogP) is 2.87. The zero-order valence-electron chi connectivity index (χ0n) is 10.1. The number of nitrogens with zero attached hydrogens (tertiary/aromatic N) is 3. The monoisotopic (exact) mass is 264 g/mol. The number of fused-ring (bicyclic) bond motifs is 7. The van der Waals surface area contributed by atoms with Crippen molar-refractivity contribution in [2.75, 3.05) is 0 Å². The van der Waals surface area contributed by atoms with Crippen molar-refractivity contribution in [2.24, 2.45) is 0 Å². The van der Waals surface area contributed by atoms with E-state index in [4.69, 9.17) is 0 Å². The summed E-state index contributed by atoms with van der Waals surface area (Å²) >= 11 is 1.83. The summed E-state index contributed by atoms with van der Waals surface area (Å²) in [4.78, 5) is 5.84. The molecule has 4 aromatic rings. The van der Waals surface area contributed by atoms with E-state index in [0.717, 1.165) is 12.2 Å². The van der Waals surface area contributed by atoms with E-state index in [-0.39, 0.29) is 0 Å². The average Bonchev–Trinajstić information content (AvgIpc) is 3.07. The third-order valence-corrected chi connectivity index (χ3v) is 4.97. The first-order valence-electron chi connectivity index (χ1n) is 6.28. The first-order valence-corrected chi connectivity index (χ1v) is 7.10. The smallest absolute Gasteiger partial charge is 0.291 e. The van der Waals surface area contributed by atoms with Gasteiger partial charge in [-0.05, 0) is 35.6 Å². The summed E-state index contributed by atoms with van der Waals surface area (Å²) in [6.07, 6.45) is 4.01. The zero-order valence-corrected chi connectivity index (χ0v) is 10.9. The second kappa shape index (κ2) is 3.22. The molecule has 1 aliphatic heterocycles. The molecule has 5 heterocycles. The first-order chi connectivity index (χ1) is 9.42. The number of hydrogen-bond donors (Lipinski definition) is 0. The molecule has 0 aromatic carbocycles. The fourth-order valence-corrected chi connectivity index (χ4v) is 4.17. The van der Waals surface area contributed by atoms with E-state index in [1.165, 1.54) is 26.4 Å². The molecular weight excluding hydrogens is 254 g/mol. The van der Waals surface area contributed by atoms with Crippen molar-refractivity contribution in [3.8, 4) is 10.7 Å². The highest BCUT2D eigenvalue weighted by Gasteiger charge is 2.33. The minimum absolute atomic E-state index is 0.940. The molecule has 0 unspecified atom stereocenters. The van der Waals surface area contributed by atoms with Crippen LogP contribution < -0.4 is 4.57 Å². The van der Waals surface area contributed by atoms with E-state index in [9.17, 15) is 0 Å². The standard InChI is InChI=1S/C15H10N3S/c1-2-7-17-11(5-1)8-12-14(17)19-15-13-10(9-18(12)15)4-3-6-16-13/h1-8H,9H2/q+1. The molecule has 0 radical (unpaired) electrons. The van der Waals surface area contributed by atoms with Crippen LogP contribution in [0.1, 0.15) is 5.56 Å². The van der Waals surface area contributed by atoms with Gasteiger partial charge in [-0.25, -0.2) is 4.98 Å². The summed E-state index contributed by atoms with van der Waals surface area (Å²) in [6, 6.07) is 12.8. The van der Waals surface area contributed by atoms with Gasteiger partial charge in [0, 0.05) is 18.5 Å². The fraction of sp³-hybridized carbons (Fsp3) is 0.0667. The summed E-state index contributed by atoms with van der Waals surface area (Å²) in [5.41, 5.74) is 5.03. The molecule has 0 atom stereocenters. The Morgan fingerprint density at radius 3 is 3.21 bits per heavy atom. The van der Waals surface area contributed by atoms with Crippen LogP contribution in [0.15, 0.2) is 48.8 Å². The molecule has 4 aromatic heterocycles. The molecule has 3 nitrogen and oxygen atoms in total. The maximum Gasteiger partial charge on any atom is 0.291 e. The van der Waals surface area contributed by atoms with Gasteiger partial charge in [0.05, 0.1) is 11.1 Å². The third-order valence-electron chi connectivity index (χ3n) is 3.77. The lowest BCUT2D eigenvalue weighted by atomic mass is 10.2. The van der Waals surface area contributed by atoms with E-state index in [1.54, 1.807) is 0 Å². The topological polar surface area (TPSA) is 21.2 Å². The Morgan fingerprint density at radius 2 is 2.21 bits per heavy atom. The number of rotatable bonds is 0. The highest BCUT2D eigenvalue weighted by molar-refractivity contribution is 7.20. The molecule has 19 heavy (non-hydrogen) atoms. The Bertz CT molecular complexity index is 949. The van der Waals surface area contributed by atoms with Gasteiger partial charge in [-0.1, -0.05) is 6.07 Å². The lowest BCUT2D eigenvalue weighted by Gasteiger charge is -1.91. The van der Waals surface area contributed by atoms with Crippen LogP contribution in [0, 0.1) is 0 Å². The average molecular weight is 264 g/mol. The molecule has 0 saturated carbocycles.